The molecule has 0 amide bonds. The van der Waals surface area contributed by atoms with Crippen molar-refractivity contribution in [2.75, 3.05) is 0 Å². The zero-order chi connectivity index (χ0) is 8.48. The summed E-state index contributed by atoms with van der Waals surface area (Å²) in [4.78, 5) is 10.7. The van der Waals surface area contributed by atoms with Gasteiger partial charge in [0.25, 0.3) is 0 Å². The second-order valence-electron chi connectivity index (χ2n) is 3.66. The number of halogens is 1. The molecule has 0 unspecified atom stereocenters. The summed E-state index contributed by atoms with van der Waals surface area (Å²) >= 11 is 0. The van der Waals surface area contributed by atoms with Crippen molar-refractivity contribution in [3.8, 4) is 0 Å². The highest BCUT2D eigenvalue weighted by Crippen LogP contribution is 2.30. The molecular weight excluding hydrogens is 178 g/mol. The van der Waals surface area contributed by atoms with Gasteiger partial charge in [0, 0.05) is 0 Å². The van der Waals surface area contributed by atoms with Gasteiger partial charge in [0.1, 0.15) is 5.54 Å². The Morgan fingerprint density at radius 1 is 1.67 bits per heavy atom. The molecule has 4 heteroatoms. The van der Waals surface area contributed by atoms with Gasteiger partial charge in [-0.3, -0.25) is 4.79 Å². The molecule has 1 aliphatic carbocycles. The van der Waals surface area contributed by atoms with Crippen LogP contribution in [0.1, 0.15) is 32.6 Å². The molecule has 0 saturated heterocycles. The number of aliphatic carboxylic acids is 1. The Balaban J connectivity index is 0.00000121. The van der Waals surface area contributed by atoms with Crippen LogP contribution < -0.4 is 5.73 Å². The summed E-state index contributed by atoms with van der Waals surface area (Å²) in [7, 11) is 0. The fourth-order valence-corrected chi connectivity index (χ4v) is 1.79. The number of carboxylic acid groups (broad SMARTS) is 1. The first-order valence-electron chi connectivity index (χ1n) is 4.07. The third kappa shape index (κ3) is 2.35. The molecule has 1 aliphatic rings. The third-order valence-corrected chi connectivity index (χ3v) is 2.46. The summed E-state index contributed by atoms with van der Waals surface area (Å²) < 4.78 is 0. The van der Waals surface area contributed by atoms with Crippen LogP contribution in [-0.4, -0.2) is 16.6 Å². The molecule has 0 spiro atoms. The molecule has 0 bridgehead atoms. The van der Waals surface area contributed by atoms with Crippen molar-refractivity contribution in [1.29, 1.82) is 0 Å². The van der Waals surface area contributed by atoms with E-state index in [1.807, 2.05) is 0 Å². The van der Waals surface area contributed by atoms with Gasteiger partial charge in [-0.2, -0.15) is 0 Å². The number of hydrogen-bond acceptors (Lipinski definition) is 2. The largest absolute Gasteiger partial charge is 0.480 e. The third-order valence-electron chi connectivity index (χ3n) is 2.46. The van der Waals surface area contributed by atoms with Crippen LogP contribution in [0, 0.1) is 5.92 Å². The zero-order valence-corrected chi connectivity index (χ0v) is 8.06. The quantitative estimate of drug-likeness (QED) is 0.662. The fourth-order valence-electron chi connectivity index (χ4n) is 1.79. The SMILES string of the molecule is C[C@@H]1CCC[C@](N)(C(=O)O)C1.Cl. The van der Waals surface area contributed by atoms with Crippen molar-refractivity contribution in [2.24, 2.45) is 11.7 Å². The Morgan fingerprint density at radius 3 is 2.58 bits per heavy atom. The van der Waals surface area contributed by atoms with Crippen molar-refractivity contribution in [3.05, 3.63) is 0 Å². The van der Waals surface area contributed by atoms with Gasteiger partial charge in [-0.25, -0.2) is 0 Å². The van der Waals surface area contributed by atoms with Gasteiger partial charge in [0.15, 0.2) is 0 Å². The highest BCUT2D eigenvalue weighted by atomic mass is 35.5. The summed E-state index contributed by atoms with van der Waals surface area (Å²) in [5, 5.41) is 8.79. The number of rotatable bonds is 1. The molecule has 1 saturated carbocycles. The number of carboxylic acids is 1. The van der Waals surface area contributed by atoms with Crippen molar-refractivity contribution in [3.63, 3.8) is 0 Å². The van der Waals surface area contributed by atoms with E-state index in [9.17, 15) is 4.79 Å². The zero-order valence-electron chi connectivity index (χ0n) is 7.25. The van der Waals surface area contributed by atoms with Crippen LogP contribution in [0.4, 0.5) is 0 Å². The van der Waals surface area contributed by atoms with Gasteiger partial charge in [-0.15, -0.1) is 12.4 Å². The monoisotopic (exact) mass is 193 g/mol. The minimum absolute atomic E-state index is 0. The summed E-state index contributed by atoms with van der Waals surface area (Å²) in [6.07, 6.45) is 3.32. The summed E-state index contributed by atoms with van der Waals surface area (Å²) in [5.41, 5.74) is 4.76. The second-order valence-corrected chi connectivity index (χ2v) is 3.66. The van der Waals surface area contributed by atoms with Gasteiger partial charge in [-0.1, -0.05) is 19.8 Å². The van der Waals surface area contributed by atoms with E-state index in [2.05, 4.69) is 6.92 Å². The molecule has 0 heterocycles. The van der Waals surface area contributed by atoms with Crippen LogP contribution in [0.25, 0.3) is 0 Å². The Morgan fingerprint density at radius 2 is 2.25 bits per heavy atom. The first kappa shape index (κ1) is 11.7. The molecular formula is C8H16ClNO2. The summed E-state index contributed by atoms with van der Waals surface area (Å²) in [5.74, 6) is -0.381. The number of carbonyl (C=O) groups is 1. The van der Waals surface area contributed by atoms with Gasteiger partial charge in [0.2, 0.25) is 0 Å². The average Bonchev–Trinajstić information content (AvgIpc) is 1.86. The topological polar surface area (TPSA) is 63.3 Å². The lowest BCUT2D eigenvalue weighted by Gasteiger charge is -2.32. The Bertz CT molecular complexity index is 174. The molecule has 1 fully saturated rings. The van der Waals surface area contributed by atoms with E-state index in [0.29, 0.717) is 18.8 Å². The lowest BCUT2D eigenvalue weighted by Crippen LogP contribution is -2.50. The molecule has 3 N–H and O–H groups in total. The second kappa shape index (κ2) is 4.10. The van der Waals surface area contributed by atoms with E-state index >= 15 is 0 Å². The van der Waals surface area contributed by atoms with Gasteiger partial charge in [0.05, 0.1) is 0 Å². The Hall–Kier alpha value is -0.280. The predicted molar refractivity (Wildman–Crippen MR) is 49.4 cm³/mol. The van der Waals surface area contributed by atoms with Crippen LogP contribution in [0.3, 0.4) is 0 Å². The van der Waals surface area contributed by atoms with Crippen LogP contribution in [0.15, 0.2) is 0 Å². The maximum Gasteiger partial charge on any atom is 0.323 e. The molecule has 0 aliphatic heterocycles. The Kier molecular flexibility index (Phi) is 4.00. The standard InChI is InChI=1S/C8H15NO2.ClH/c1-6-3-2-4-8(9,5-6)7(10)11;/h6H,2-5,9H2,1H3,(H,10,11);1H/t6-,8-;/m1./s1. The normalized spacial score (nSPS) is 35.3. The van der Waals surface area contributed by atoms with Crippen LogP contribution in [0.2, 0.25) is 0 Å². The highest BCUT2D eigenvalue weighted by Gasteiger charge is 2.37. The molecule has 0 aromatic rings. The minimum Gasteiger partial charge on any atom is -0.480 e. The van der Waals surface area contributed by atoms with E-state index in [4.69, 9.17) is 10.8 Å². The average molecular weight is 194 g/mol. The molecule has 72 valence electrons. The van der Waals surface area contributed by atoms with Crippen LogP contribution in [-0.2, 0) is 4.79 Å². The first-order valence-corrected chi connectivity index (χ1v) is 4.07. The smallest absolute Gasteiger partial charge is 0.323 e. The van der Waals surface area contributed by atoms with Crippen molar-refractivity contribution in [2.45, 2.75) is 38.1 Å². The van der Waals surface area contributed by atoms with Gasteiger partial charge < -0.3 is 10.8 Å². The van der Waals surface area contributed by atoms with E-state index in [1.165, 1.54) is 0 Å². The molecule has 0 aromatic carbocycles. The lowest BCUT2D eigenvalue weighted by atomic mass is 9.77. The molecule has 1 rings (SSSR count). The molecule has 12 heavy (non-hydrogen) atoms. The van der Waals surface area contributed by atoms with E-state index in [1.54, 1.807) is 0 Å². The van der Waals surface area contributed by atoms with Crippen LogP contribution >= 0.6 is 12.4 Å². The molecule has 3 nitrogen and oxygen atoms in total. The van der Waals surface area contributed by atoms with Crippen LogP contribution in [0.5, 0.6) is 0 Å². The van der Waals surface area contributed by atoms with E-state index in [-0.39, 0.29) is 12.4 Å². The number of nitrogens with two attached hydrogens (primary N) is 1. The van der Waals surface area contributed by atoms with E-state index in [0.717, 1.165) is 12.8 Å². The molecule has 0 aromatic heterocycles. The van der Waals surface area contributed by atoms with Gasteiger partial charge in [-0.05, 0) is 18.8 Å². The lowest BCUT2D eigenvalue weighted by molar-refractivity contribution is -0.145. The molecule has 0 radical (unpaired) electrons. The Labute approximate surface area is 78.7 Å². The number of hydrogen-bond donors (Lipinski definition) is 2. The summed E-state index contributed by atoms with van der Waals surface area (Å²) in [6, 6.07) is 0. The maximum absolute atomic E-state index is 10.7. The van der Waals surface area contributed by atoms with Crippen molar-refractivity contribution in [1.82, 2.24) is 0 Å². The predicted octanol–water partition coefficient (Wildman–Crippen LogP) is 1.40. The first-order chi connectivity index (χ1) is 5.04. The fraction of sp³-hybridized carbons (Fsp3) is 0.875. The van der Waals surface area contributed by atoms with Crippen molar-refractivity contribution >= 4 is 18.4 Å². The van der Waals surface area contributed by atoms with Crippen molar-refractivity contribution < 1.29 is 9.90 Å². The molecule has 2 atom stereocenters. The minimum atomic E-state index is -0.933. The summed E-state index contributed by atoms with van der Waals surface area (Å²) in [6.45, 7) is 2.06. The van der Waals surface area contributed by atoms with Gasteiger partial charge >= 0.3 is 5.97 Å². The van der Waals surface area contributed by atoms with E-state index < -0.39 is 11.5 Å². The highest BCUT2D eigenvalue weighted by molar-refractivity contribution is 5.85. The maximum atomic E-state index is 10.7.